The molecule has 4 N–H and O–H groups in total. The van der Waals surface area contributed by atoms with Gasteiger partial charge in [-0.15, -0.1) is 0 Å². The second-order valence-electron chi connectivity index (χ2n) is 4.48. The Kier molecular flexibility index (Phi) is 3.68. The molecule has 1 aliphatic rings. The first-order chi connectivity index (χ1) is 8.17. The van der Waals surface area contributed by atoms with E-state index in [-0.39, 0.29) is 6.10 Å². The fourth-order valence-electron chi connectivity index (χ4n) is 2.13. The third kappa shape index (κ3) is 3.23. The number of nitrogens with two attached hydrogens (primary N) is 1. The Morgan fingerprint density at radius 2 is 2.06 bits per heavy atom. The van der Waals surface area contributed by atoms with Gasteiger partial charge in [-0.05, 0) is 25.7 Å². The lowest BCUT2D eigenvalue weighted by molar-refractivity contribution is 0.126. The maximum absolute atomic E-state index is 9.44. The fourth-order valence-corrected chi connectivity index (χ4v) is 2.13. The van der Waals surface area contributed by atoms with Crippen molar-refractivity contribution in [3.8, 4) is 5.88 Å². The molecule has 0 unspecified atom stereocenters. The van der Waals surface area contributed by atoms with Gasteiger partial charge >= 0.3 is 0 Å². The normalized spacial score (nSPS) is 24.4. The number of hydrogen-bond acceptors (Lipinski definition) is 5. The summed E-state index contributed by atoms with van der Waals surface area (Å²) >= 11 is 0. The van der Waals surface area contributed by atoms with Crippen LogP contribution in [0.15, 0.2) is 12.1 Å². The highest BCUT2D eigenvalue weighted by atomic mass is 16.5. The molecule has 0 spiro atoms. The summed E-state index contributed by atoms with van der Waals surface area (Å²) in [4.78, 5) is 4.29. The molecule has 2 rings (SSSR count). The molecular formula is C12H19N3O2. The van der Waals surface area contributed by atoms with Crippen molar-refractivity contribution in [2.45, 2.75) is 37.8 Å². The third-order valence-corrected chi connectivity index (χ3v) is 3.08. The molecule has 1 aromatic rings. The number of anilines is 2. The van der Waals surface area contributed by atoms with Gasteiger partial charge in [0.25, 0.3) is 0 Å². The van der Waals surface area contributed by atoms with Crippen molar-refractivity contribution in [3.63, 3.8) is 0 Å². The van der Waals surface area contributed by atoms with Crippen LogP contribution in [-0.2, 0) is 0 Å². The molecule has 0 saturated heterocycles. The maximum Gasteiger partial charge on any atom is 0.216 e. The number of pyridine rings is 1. The first kappa shape index (κ1) is 12.0. The van der Waals surface area contributed by atoms with E-state index in [0.29, 0.717) is 17.6 Å². The van der Waals surface area contributed by atoms with Crippen LogP contribution >= 0.6 is 0 Å². The highest BCUT2D eigenvalue weighted by Gasteiger charge is 2.19. The average Bonchev–Trinajstić information content (AvgIpc) is 2.31. The van der Waals surface area contributed by atoms with Gasteiger partial charge in [-0.2, -0.15) is 4.98 Å². The Balaban J connectivity index is 2.00. The van der Waals surface area contributed by atoms with E-state index in [4.69, 9.17) is 10.5 Å². The lowest BCUT2D eigenvalue weighted by Crippen LogP contribution is -2.28. The van der Waals surface area contributed by atoms with Gasteiger partial charge < -0.3 is 20.9 Å². The van der Waals surface area contributed by atoms with Crippen molar-refractivity contribution in [1.29, 1.82) is 0 Å². The Morgan fingerprint density at radius 1 is 1.35 bits per heavy atom. The van der Waals surface area contributed by atoms with E-state index >= 15 is 0 Å². The van der Waals surface area contributed by atoms with E-state index in [0.717, 1.165) is 31.5 Å². The summed E-state index contributed by atoms with van der Waals surface area (Å²) in [5, 5.41) is 12.8. The zero-order valence-electron chi connectivity index (χ0n) is 10.0. The van der Waals surface area contributed by atoms with Gasteiger partial charge in [0, 0.05) is 23.9 Å². The van der Waals surface area contributed by atoms with Crippen LogP contribution in [0.5, 0.6) is 5.88 Å². The smallest absolute Gasteiger partial charge is 0.216 e. The van der Waals surface area contributed by atoms with Gasteiger partial charge in [-0.3, -0.25) is 0 Å². The number of nitrogens with zero attached hydrogens (tertiary/aromatic N) is 1. The van der Waals surface area contributed by atoms with Gasteiger partial charge in [0.15, 0.2) is 0 Å². The molecule has 1 heterocycles. The Labute approximate surface area is 101 Å². The van der Waals surface area contributed by atoms with Crippen LogP contribution in [0.25, 0.3) is 0 Å². The van der Waals surface area contributed by atoms with Crippen LogP contribution in [0, 0.1) is 0 Å². The van der Waals surface area contributed by atoms with E-state index < -0.39 is 0 Å². The van der Waals surface area contributed by atoms with Crippen LogP contribution in [0.4, 0.5) is 11.5 Å². The summed E-state index contributed by atoms with van der Waals surface area (Å²) in [5.74, 6) is 1.26. The molecule has 94 valence electrons. The molecule has 0 aliphatic heterocycles. The summed E-state index contributed by atoms with van der Waals surface area (Å²) in [6, 6.07) is 3.85. The van der Waals surface area contributed by atoms with Crippen LogP contribution in [-0.4, -0.2) is 29.3 Å². The van der Waals surface area contributed by atoms with E-state index in [1.807, 2.05) is 0 Å². The number of ether oxygens (including phenoxy) is 1. The standard InChI is InChI=1S/C12H19N3O2/c1-17-12-7-8(13)6-11(15-12)14-9-2-4-10(16)5-3-9/h6-7,9-10,16H,2-5H2,1H3,(H3,13,14,15). The molecule has 0 radical (unpaired) electrons. The van der Waals surface area contributed by atoms with E-state index in [1.165, 1.54) is 0 Å². The number of aliphatic hydroxyl groups excluding tert-OH is 1. The number of methoxy groups -OCH3 is 1. The second kappa shape index (κ2) is 5.23. The van der Waals surface area contributed by atoms with Crippen molar-refractivity contribution >= 4 is 11.5 Å². The zero-order valence-corrected chi connectivity index (χ0v) is 10.0. The molecule has 0 amide bonds. The SMILES string of the molecule is COc1cc(N)cc(NC2CCC(O)CC2)n1. The number of hydrogen-bond donors (Lipinski definition) is 3. The van der Waals surface area contributed by atoms with Crippen molar-refractivity contribution in [2.24, 2.45) is 0 Å². The van der Waals surface area contributed by atoms with Gasteiger partial charge in [-0.25, -0.2) is 0 Å². The summed E-state index contributed by atoms with van der Waals surface area (Å²) in [6.07, 6.45) is 3.46. The molecule has 5 heteroatoms. The van der Waals surface area contributed by atoms with Gasteiger partial charge in [0.05, 0.1) is 13.2 Å². The van der Waals surface area contributed by atoms with E-state index in [9.17, 15) is 5.11 Å². The number of aromatic nitrogens is 1. The predicted molar refractivity (Wildman–Crippen MR) is 67.1 cm³/mol. The summed E-state index contributed by atoms with van der Waals surface area (Å²) in [6.45, 7) is 0. The zero-order chi connectivity index (χ0) is 12.3. The Morgan fingerprint density at radius 3 is 2.71 bits per heavy atom. The molecule has 1 aromatic heterocycles. The first-order valence-electron chi connectivity index (χ1n) is 5.93. The second-order valence-corrected chi connectivity index (χ2v) is 4.48. The minimum absolute atomic E-state index is 0.142. The van der Waals surface area contributed by atoms with Crippen molar-refractivity contribution in [2.75, 3.05) is 18.2 Å². The largest absolute Gasteiger partial charge is 0.481 e. The average molecular weight is 237 g/mol. The van der Waals surface area contributed by atoms with Gasteiger partial charge in [-0.1, -0.05) is 0 Å². The van der Waals surface area contributed by atoms with Crippen LogP contribution < -0.4 is 15.8 Å². The number of aliphatic hydroxyl groups is 1. The first-order valence-corrected chi connectivity index (χ1v) is 5.93. The summed E-state index contributed by atoms with van der Waals surface area (Å²) < 4.78 is 5.07. The predicted octanol–water partition coefficient (Wildman–Crippen LogP) is 1.39. The van der Waals surface area contributed by atoms with E-state index in [1.54, 1.807) is 19.2 Å². The molecule has 1 aliphatic carbocycles. The molecule has 1 fully saturated rings. The molecular weight excluding hydrogens is 218 g/mol. The van der Waals surface area contributed by atoms with Gasteiger partial charge in [0.2, 0.25) is 5.88 Å². The maximum atomic E-state index is 9.44. The molecule has 1 saturated carbocycles. The molecule has 17 heavy (non-hydrogen) atoms. The van der Waals surface area contributed by atoms with E-state index in [2.05, 4.69) is 10.3 Å². The number of nitrogens with one attached hydrogen (secondary N) is 1. The third-order valence-electron chi connectivity index (χ3n) is 3.08. The van der Waals surface area contributed by atoms with Crippen molar-refractivity contribution < 1.29 is 9.84 Å². The fraction of sp³-hybridized carbons (Fsp3) is 0.583. The number of nitrogen functional groups attached to an aromatic ring is 1. The van der Waals surface area contributed by atoms with Crippen LogP contribution in [0.2, 0.25) is 0 Å². The molecule has 0 atom stereocenters. The lowest BCUT2D eigenvalue weighted by Gasteiger charge is -2.26. The minimum atomic E-state index is -0.142. The molecule has 5 nitrogen and oxygen atoms in total. The summed E-state index contributed by atoms with van der Waals surface area (Å²) in [5.41, 5.74) is 6.40. The molecule has 0 bridgehead atoms. The highest BCUT2D eigenvalue weighted by molar-refractivity contribution is 5.52. The molecule has 0 aromatic carbocycles. The number of rotatable bonds is 3. The van der Waals surface area contributed by atoms with Crippen LogP contribution in [0.3, 0.4) is 0 Å². The topological polar surface area (TPSA) is 80.4 Å². The Bertz CT molecular complexity index is 376. The quantitative estimate of drug-likeness (QED) is 0.740. The van der Waals surface area contributed by atoms with Crippen LogP contribution in [0.1, 0.15) is 25.7 Å². The Hall–Kier alpha value is -1.49. The van der Waals surface area contributed by atoms with Crippen molar-refractivity contribution in [3.05, 3.63) is 12.1 Å². The minimum Gasteiger partial charge on any atom is -0.481 e. The summed E-state index contributed by atoms with van der Waals surface area (Å²) in [7, 11) is 1.57. The highest BCUT2D eigenvalue weighted by Crippen LogP contribution is 2.23. The lowest BCUT2D eigenvalue weighted by atomic mass is 9.93. The van der Waals surface area contributed by atoms with Gasteiger partial charge in [0.1, 0.15) is 5.82 Å². The monoisotopic (exact) mass is 237 g/mol. The van der Waals surface area contributed by atoms with Crippen molar-refractivity contribution in [1.82, 2.24) is 4.98 Å².